The van der Waals surface area contributed by atoms with Gasteiger partial charge in [-0.05, 0) is 38.8 Å². The van der Waals surface area contributed by atoms with E-state index in [4.69, 9.17) is 0 Å². The van der Waals surface area contributed by atoms with Crippen molar-refractivity contribution in [2.45, 2.75) is 58.9 Å². The van der Waals surface area contributed by atoms with E-state index in [1.807, 2.05) is 0 Å². The third-order valence-corrected chi connectivity index (χ3v) is 3.61. The van der Waals surface area contributed by atoms with Gasteiger partial charge in [0, 0.05) is 17.8 Å². The predicted molar refractivity (Wildman–Crippen MR) is 77.7 cm³/mol. The fourth-order valence-electron chi connectivity index (χ4n) is 2.96. The molecular weight excluding hydrogens is 206 g/mol. The largest absolute Gasteiger partial charge is 0.366 e. The van der Waals surface area contributed by atoms with Gasteiger partial charge in [0.15, 0.2) is 0 Å². The van der Waals surface area contributed by atoms with Gasteiger partial charge in [0.1, 0.15) is 0 Å². The van der Waals surface area contributed by atoms with Crippen molar-refractivity contribution in [1.82, 2.24) is 0 Å². The zero-order chi connectivity index (χ0) is 12.7. The normalized spacial score (nSPS) is 11.5. The lowest BCUT2D eigenvalue weighted by Gasteiger charge is -2.43. The molecule has 0 heterocycles. The summed E-state index contributed by atoms with van der Waals surface area (Å²) in [4.78, 5) is 2.57. The maximum atomic E-state index is 2.57. The van der Waals surface area contributed by atoms with Gasteiger partial charge in [-0.15, -0.1) is 0 Å². The highest BCUT2D eigenvalue weighted by Crippen LogP contribution is 2.31. The fourth-order valence-corrected chi connectivity index (χ4v) is 2.96. The molecule has 0 aliphatic carbocycles. The van der Waals surface area contributed by atoms with E-state index in [2.05, 4.69) is 62.9 Å². The number of nitrogens with zero attached hydrogens (tertiary/aromatic N) is 1. The highest BCUT2D eigenvalue weighted by atomic mass is 15.2. The van der Waals surface area contributed by atoms with Crippen LogP contribution in [0.2, 0.25) is 0 Å². The van der Waals surface area contributed by atoms with Crippen LogP contribution in [-0.2, 0) is 0 Å². The highest BCUT2D eigenvalue weighted by molar-refractivity contribution is 5.48. The molecule has 0 aliphatic rings. The van der Waals surface area contributed by atoms with E-state index in [-0.39, 0.29) is 0 Å². The molecule has 0 aliphatic heterocycles. The van der Waals surface area contributed by atoms with E-state index in [9.17, 15) is 0 Å². The van der Waals surface area contributed by atoms with Crippen molar-refractivity contribution in [2.75, 3.05) is 11.4 Å². The van der Waals surface area contributed by atoms with E-state index in [0.717, 1.165) is 6.54 Å². The van der Waals surface area contributed by atoms with E-state index in [1.165, 1.54) is 31.4 Å². The summed E-state index contributed by atoms with van der Waals surface area (Å²) in [5, 5.41) is 0. The van der Waals surface area contributed by atoms with Crippen molar-refractivity contribution in [3.8, 4) is 0 Å². The second kappa shape index (κ2) is 6.68. The highest BCUT2D eigenvalue weighted by Gasteiger charge is 2.29. The van der Waals surface area contributed by atoms with Crippen molar-refractivity contribution in [3.05, 3.63) is 30.3 Å². The van der Waals surface area contributed by atoms with Crippen LogP contribution < -0.4 is 4.90 Å². The topological polar surface area (TPSA) is 3.24 Å². The third kappa shape index (κ3) is 3.49. The maximum Gasteiger partial charge on any atom is 0.0373 e. The molecular formula is C16H27N. The number of benzene rings is 1. The van der Waals surface area contributed by atoms with Crippen LogP contribution in [0.5, 0.6) is 0 Å². The number of hydrogen-bond acceptors (Lipinski definition) is 1. The number of hydrogen-bond donors (Lipinski definition) is 0. The first-order chi connectivity index (χ1) is 8.18. The van der Waals surface area contributed by atoms with Crippen LogP contribution in [0.15, 0.2) is 30.3 Å². The molecule has 0 amide bonds. The van der Waals surface area contributed by atoms with Crippen LogP contribution >= 0.6 is 0 Å². The molecule has 1 heteroatoms. The van der Waals surface area contributed by atoms with Crippen LogP contribution in [0.3, 0.4) is 0 Å². The fraction of sp³-hybridized carbons (Fsp3) is 0.625. The Morgan fingerprint density at radius 3 is 1.88 bits per heavy atom. The summed E-state index contributed by atoms with van der Waals surface area (Å²) >= 11 is 0. The summed E-state index contributed by atoms with van der Waals surface area (Å²) in [7, 11) is 0. The number of anilines is 1. The van der Waals surface area contributed by atoms with Gasteiger partial charge in [-0.3, -0.25) is 0 Å². The van der Waals surface area contributed by atoms with E-state index >= 15 is 0 Å². The summed E-state index contributed by atoms with van der Waals surface area (Å²) in [6, 6.07) is 10.8. The van der Waals surface area contributed by atoms with Crippen LogP contribution in [-0.4, -0.2) is 12.1 Å². The molecule has 0 unspecified atom stereocenters. The van der Waals surface area contributed by atoms with Crippen molar-refractivity contribution in [3.63, 3.8) is 0 Å². The molecule has 1 rings (SSSR count). The lowest BCUT2D eigenvalue weighted by Crippen LogP contribution is -2.46. The Kier molecular flexibility index (Phi) is 5.54. The Labute approximate surface area is 107 Å². The van der Waals surface area contributed by atoms with Crippen molar-refractivity contribution in [2.24, 2.45) is 0 Å². The zero-order valence-corrected chi connectivity index (χ0v) is 11.9. The van der Waals surface area contributed by atoms with Gasteiger partial charge in [-0.2, -0.15) is 0 Å². The Morgan fingerprint density at radius 2 is 1.47 bits per heavy atom. The molecule has 0 saturated heterocycles. The van der Waals surface area contributed by atoms with Gasteiger partial charge < -0.3 is 4.90 Å². The van der Waals surface area contributed by atoms with Crippen molar-refractivity contribution < 1.29 is 0 Å². The number of rotatable bonds is 7. The Bertz CT molecular complexity index is 299. The second-order valence-corrected chi connectivity index (χ2v) is 5.08. The van der Waals surface area contributed by atoms with Gasteiger partial charge in [0.05, 0.1) is 0 Å². The number of para-hydroxylation sites is 1. The molecule has 1 nitrogen and oxygen atoms in total. The molecule has 17 heavy (non-hydrogen) atoms. The minimum absolute atomic E-state index is 0.305. The van der Waals surface area contributed by atoms with Crippen LogP contribution in [0.1, 0.15) is 53.4 Å². The minimum Gasteiger partial charge on any atom is -0.366 e. The summed E-state index contributed by atoms with van der Waals surface area (Å²) < 4.78 is 0. The van der Waals surface area contributed by atoms with Crippen molar-refractivity contribution >= 4 is 5.69 Å². The average Bonchev–Trinajstić information content (AvgIpc) is 2.31. The Morgan fingerprint density at radius 1 is 0.941 bits per heavy atom. The van der Waals surface area contributed by atoms with Crippen LogP contribution in [0.4, 0.5) is 5.69 Å². The predicted octanol–water partition coefficient (Wildman–Crippen LogP) is 4.87. The lowest BCUT2D eigenvalue weighted by atomic mass is 9.88. The Hall–Kier alpha value is -0.980. The first-order valence-corrected chi connectivity index (χ1v) is 7.00. The SMILES string of the molecule is CCCC(C)(CCC)N(CC)c1ccccc1. The summed E-state index contributed by atoms with van der Waals surface area (Å²) in [6.07, 6.45) is 5.03. The molecule has 0 saturated carbocycles. The quantitative estimate of drug-likeness (QED) is 0.649. The molecule has 0 spiro atoms. The van der Waals surface area contributed by atoms with Crippen LogP contribution in [0, 0.1) is 0 Å². The summed E-state index contributed by atoms with van der Waals surface area (Å²) in [5.41, 5.74) is 1.67. The lowest BCUT2D eigenvalue weighted by molar-refractivity contribution is 0.361. The zero-order valence-electron chi connectivity index (χ0n) is 11.9. The third-order valence-electron chi connectivity index (χ3n) is 3.61. The van der Waals surface area contributed by atoms with Gasteiger partial charge in [-0.25, -0.2) is 0 Å². The van der Waals surface area contributed by atoms with E-state index < -0.39 is 0 Å². The summed E-state index contributed by atoms with van der Waals surface area (Å²) in [6.45, 7) is 10.3. The maximum absolute atomic E-state index is 2.57. The van der Waals surface area contributed by atoms with Crippen LogP contribution in [0.25, 0.3) is 0 Å². The van der Waals surface area contributed by atoms with E-state index in [0.29, 0.717) is 5.54 Å². The molecule has 0 atom stereocenters. The first kappa shape index (κ1) is 14.1. The van der Waals surface area contributed by atoms with E-state index in [1.54, 1.807) is 0 Å². The molecule has 0 radical (unpaired) electrons. The second-order valence-electron chi connectivity index (χ2n) is 5.08. The molecule has 1 aromatic rings. The standard InChI is InChI=1S/C16H27N/c1-5-13-16(4,14-6-2)17(7-3)15-11-9-8-10-12-15/h8-12H,5-7,13-14H2,1-4H3. The van der Waals surface area contributed by atoms with Gasteiger partial charge in [0.2, 0.25) is 0 Å². The van der Waals surface area contributed by atoms with Crippen molar-refractivity contribution in [1.29, 1.82) is 0 Å². The molecule has 0 aromatic heterocycles. The molecule has 0 N–H and O–H groups in total. The smallest absolute Gasteiger partial charge is 0.0373 e. The first-order valence-electron chi connectivity index (χ1n) is 7.00. The molecule has 1 aromatic carbocycles. The monoisotopic (exact) mass is 233 g/mol. The Balaban J connectivity index is 2.97. The van der Waals surface area contributed by atoms with Gasteiger partial charge >= 0.3 is 0 Å². The molecule has 0 fully saturated rings. The molecule has 96 valence electrons. The minimum atomic E-state index is 0.305. The average molecular weight is 233 g/mol. The molecule has 0 bridgehead atoms. The summed E-state index contributed by atoms with van der Waals surface area (Å²) in [5.74, 6) is 0. The van der Waals surface area contributed by atoms with Gasteiger partial charge in [0.25, 0.3) is 0 Å². The van der Waals surface area contributed by atoms with Gasteiger partial charge in [-0.1, -0.05) is 44.9 Å².